The predicted molar refractivity (Wildman–Crippen MR) is 106 cm³/mol. The molecule has 2 heterocycles. The number of hydrogen-bond donors (Lipinski definition) is 3. The summed E-state index contributed by atoms with van der Waals surface area (Å²) in [4.78, 5) is 49.8. The van der Waals surface area contributed by atoms with Crippen LogP contribution in [0.5, 0.6) is 0 Å². The molecule has 4 rings (SSSR count). The molecule has 5 amide bonds. The molecule has 0 radical (unpaired) electrons. The van der Waals surface area contributed by atoms with Crippen molar-refractivity contribution in [2.45, 2.75) is 25.3 Å². The smallest absolute Gasteiger partial charge is 0.322 e. The molecule has 148 valence electrons. The summed E-state index contributed by atoms with van der Waals surface area (Å²) in [5.41, 5.74) is 1.09. The monoisotopic (exact) mass is 392 g/mol. The van der Waals surface area contributed by atoms with Crippen LogP contribution in [0.4, 0.5) is 16.2 Å². The van der Waals surface area contributed by atoms with Gasteiger partial charge in [0.25, 0.3) is 11.8 Å². The van der Waals surface area contributed by atoms with Gasteiger partial charge in [-0.2, -0.15) is 0 Å². The first-order valence-electron chi connectivity index (χ1n) is 9.33. The van der Waals surface area contributed by atoms with Crippen LogP contribution in [-0.4, -0.2) is 30.3 Å². The quantitative estimate of drug-likeness (QED) is 0.693. The van der Waals surface area contributed by atoms with Crippen molar-refractivity contribution in [1.29, 1.82) is 0 Å². The zero-order valence-corrected chi connectivity index (χ0v) is 15.8. The second-order valence-electron chi connectivity index (χ2n) is 7.26. The van der Waals surface area contributed by atoms with Crippen molar-refractivity contribution in [2.75, 3.05) is 16.8 Å². The van der Waals surface area contributed by atoms with Crippen molar-refractivity contribution in [2.24, 2.45) is 0 Å². The Morgan fingerprint density at radius 3 is 2.48 bits per heavy atom. The van der Waals surface area contributed by atoms with Crippen LogP contribution < -0.4 is 20.9 Å². The maximum atomic E-state index is 12.6. The molecule has 2 saturated heterocycles. The van der Waals surface area contributed by atoms with Crippen LogP contribution in [0.15, 0.2) is 48.5 Å². The lowest BCUT2D eigenvalue weighted by Gasteiger charge is -2.21. The number of carbonyl (C=O) groups is 4. The molecule has 0 aromatic heterocycles. The van der Waals surface area contributed by atoms with E-state index in [2.05, 4.69) is 16.0 Å². The largest absolute Gasteiger partial charge is 0.322 e. The highest BCUT2D eigenvalue weighted by Gasteiger charge is 2.43. The van der Waals surface area contributed by atoms with Gasteiger partial charge in [-0.1, -0.05) is 12.1 Å². The van der Waals surface area contributed by atoms with Crippen molar-refractivity contribution in [3.05, 3.63) is 59.7 Å². The van der Waals surface area contributed by atoms with E-state index in [1.54, 1.807) is 60.4 Å². The third-order valence-electron chi connectivity index (χ3n) is 5.26. The van der Waals surface area contributed by atoms with E-state index in [4.69, 9.17) is 0 Å². The Kier molecular flexibility index (Phi) is 4.54. The Morgan fingerprint density at radius 1 is 1.10 bits per heavy atom. The molecular weight excluding hydrogens is 372 g/mol. The van der Waals surface area contributed by atoms with E-state index < -0.39 is 17.5 Å². The molecule has 1 atom stereocenters. The molecule has 0 saturated carbocycles. The molecule has 2 fully saturated rings. The number of rotatable bonds is 4. The average molecular weight is 392 g/mol. The lowest BCUT2D eigenvalue weighted by atomic mass is 9.92. The minimum Gasteiger partial charge on any atom is -0.322 e. The molecular formula is C21H20N4O4. The molecule has 29 heavy (non-hydrogen) atoms. The van der Waals surface area contributed by atoms with Gasteiger partial charge in [0.15, 0.2) is 0 Å². The number of benzene rings is 2. The number of urea groups is 1. The fourth-order valence-electron chi connectivity index (χ4n) is 3.57. The number of nitrogens with zero attached hydrogens (tertiary/aromatic N) is 1. The standard InChI is InChI=1S/C21H20N4O4/c1-21(19(28)23-20(29)24-21)14-4-2-5-15(12-14)22-18(27)13-7-9-16(10-8-13)25-11-3-6-17(25)26/h2,4-5,7-10,12H,3,6,11H2,1H3,(H,22,27)(H2,23,24,28,29)/t21-/m1/s1. The number of hydrogen-bond acceptors (Lipinski definition) is 4. The second-order valence-corrected chi connectivity index (χ2v) is 7.26. The first kappa shape index (κ1) is 18.7. The summed E-state index contributed by atoms with van der Waals surface area (Å²) < 4.78 is 0. The average Bonchev–Trinajstić information content (AvgIpc) is 3.24. The highest BCUT2D eigenvalue weighted by atomic mass is 16.2. The molecule has 0 aliphatic carbocycles. The second kappa shape index (κ2) is 7.05. The van der Waals surface area contributed by atoms with Gasteiger partial charge in [-0.3, -0.25) is 19.7 Å². The molecule has 2 aliphatic heterocycles. The maximum absolute atomic E-state index is 12.6. The van der Waals surface area contributed by atoms with Crippen molar-refractivity contribution < 1.29 is 19.2 Å². The van der Waals surface area contributed by atoms with E-state index >= 15 is 0 Å². The van der Waals surface area contributed by atoms with E-state index in [1.165, 1.54) is 0 Å². The number of imide groups is 1. The zero-order valence-electron chi connectivity index (χ0n) is 15.8. The predicted octanol–water partition coefficient (Wildman–Crippen LogP) is 2.12. The van der Waals surface area contributed by atoms with Gasteiger partial charge >= 0.3 is 6.03 Å². The first-order chi connectivity index (χ1) is 13.9. The van der Waals surface area contributed by atoms with Crippen LogP contribution in [0.3, 0.4) is 0 Å². The summed E-state index contributed by atoms with van der Waals surface area (Å²) in [7, 11) is 0. The van der Waals surface area contributed by atoms with Gasteiger partial charge in [0.2, 0.25) is 5.91 Å². The van der Waals surface area contributed by atoms with Gasteiger partial charge in [-0.05, 0) is 55.3 Å². The fraction of sp³-hybridized carbons (Fsp3) is 0.238. The number of nitrogens with one attached hydrogen (secondary N) is 3. The van der Waals surface area contributed by atoms with E-state index in [0.29, 0.717) is 29.8 Å². The lowest BCUT2D eigenvalue weighted by molar-refractivity contribution is -0.123. The van der Waals surface area contributed by atoms with Crippen LogP contribution in [0, 0.1) is 0 Å². The fourth-order valence-corrected chi connectivity index (χ4v) is 3.57. The highest BCUT2D eigenvalue weighted by Crippen LogP contribution is 2.27. The molecule has 8 nitrogen and oxygen atoms in total. The summed E-state index contributed by atoms with van der Waals surface area (Å²) in [5, 5.41) is 7.62. The molecule has 0 bridgehead atoms. The van der Waals surface area contributed by atoms with Gasteiger partial charge in [0, 0.05) is 29.9 Å². The van der Waals surface area contributed by atoms with Gasteiger partial charge in [0.05, 0.1) is 0 Å². The van der Waals surface area contributed by atoms with Crippen LogP contribution >= 0.6 is 0 Å². The van der Waals surface area contributed by atoms with E-state index in [0.717, 1.165) is 12.1 Å². The van der Waals surface area contributed by atoms with Crippen LogP contribution in [0.2, 0.25) is 0 Å². The van der Waals surface area contributed by atoms with Crippen molar-refractivity contribution in [1.82, 2.24) is 10.6 Å². The van der Waals surface area contributed by atoms with Gasteiger partial charge < -0.3 is 15.5 Å². The third-order valence-corrected chi connectivity index (χ3v) is 5.26. The minimum atomic E-state index is -1.19. The molecule has 2 aromatic rings. The molecule has 2 aliphatic rings. The zero-order chi connectivity index (χ0) is 20.6. The van der Waals surface area contributed by atoms with Crippen LogP contribution in [0.25, 0.3) is 0 Å². The number of amides is 5. The third kappa shape index (κ3) is 3.44. The number of anilines is 2. The molecule has 8 heteroatoms. The van der Waals surface area contributed by atoms with Gasteiger partial charge in [0.1, 0.15) is 5.54 Å². The SMILES string of the molecule is C[C@]1(c2cccc(NC(=O)c3ccc(N4CCCC4=O)cc3)c2)NC(=O)NC1=O. The molecule has 0 unspecified atom stereocenters. The summed E-state index contributed by atoms with van der Waals surface area (Å²) in [5.74, 6) is -0.667. The van der Waals surface area contributed by atoms with Crippen molar-refractivity contribution >= 4 is 35.1 Å². The minimum absolute atomic E-state index is 0.0931. The lowest BCUT2D eigenvalue weighted by Crippen LogP contribution is -2.40. The molecule has 2 aromatic carbocycles. The first-order valence-corrected chi connectivity index (χ1v) is 9.33. The van der Waals surface area contributed by atoms with E-state index in [1.807, 2.05) is 0 Å². The normalized spacial score (nSPS) is 21.1. The Bertz CT molecular complexity index is 1020. The Balaban J connectivity index is 1.50. The molecule has 0 spiro atoms. The molecule has 3 N–H and O–H groups in total. The Morgan fingerprint density at radius 2 is 1.86 bits per heavy atom. The van der Waals surface area contributed by atoms with Gasteiger partial charge in [-0.15, -0.1) is 0 Å². The van der Waals surface area contributed by atoms with Crippen molar-refractivity contribution in [3.63, 3.8) is 0 Å². The van der Waals surface area contributed by atoms with E-state index in [-0.39, 0.29) is 11.8 Å². The maximum Gasteiger partial charge on any atom is 0.322 e. The van der Waals surface area contributed by atoms with E-state index in [9.17, 15) is 19.2 Å². The Hall–Kier alpha value is -3.68. The highest BCUT2D eigenvalue weighted by molar-refractivity contribution is 6.08. The van der Waals surface area contributed by atoms with Gasteiger partial charge in [-0.25, -0.2) is 4.79 Å². The topological polar surface area (TPSA) is 108 Å². The summed E-state index contributed by atoms with van der Waals surface area (Å²) in [6.45, 7) is 2.30. The summed E-state index contributed by atoms with van der Waals surface area (Å²) in [6.07, 6.45) is 1.39. The van der Waals surface area contributed by atoms with Crippen LogP contribution in [-0.2, 0) is 15.1 Å². The summed E-state index contributed by atoms with van der Waals surface area (Å²) in [6, 6.07) is 13.1. The van der Waals surface area contributed by atoms with Crippen LogP contribution in [0.1, 0.15) is 35.7 Å². The number of carbonyl (C=O) groups excluding carboxylic acids is 4. The summed E-state index contributed by atoms with van der Waals surface area (Å²) >= 11 is 0. The van der Waals surface area contributed by atoms with Crippen molar-refractivity contribution in [3.8, 4) is 0 Å². The Labute approximate surface area is 167 Å².